The van der Waals surface area contributed by atoms with Gasteiger partial charge in [0.05, 0.1) is 0 Å². The maximum Gasteiger partial charge on any atom is 0.147 e. The van der Waals surface area contributed by atoms with Crippen molar-refractivity contribution < 1.29 is 8.42 Å². The van der Waals surface area contributed by atoms with E-state index in [-0.39, 0.29) is 11.8 Å². The lowest BCUT2D eigenvalue weighted by Gasteiger charge is -2.23. The summed E-state index contributed by atoms with van der Waals surface area (Å²) < 4.78 is 21.8. The number of rotatable bonds is 6. The van der Waals surface area contributed by atoms with E-state index in [4.69, 9.17) is 5.73 Å². The lowest BCUT2D eigenvalue weighted by atomic mass is 9.88. The highest BCUT2D eigenvalue weighted by molar-refractivity contribution is 7.90. The predicted octanol–water partition coefficient (Wildman–Crippen LogP) is 1.43. The Morgan fingerprint density at radius 2 is 1.71 bits per heavy atom. The summed E-state index contributed by atoms with van der Waals surface area (Å²) in [5.74, 6) is 1.27. The standard InChI is InChI=1S/C10H23NO2S/c1-8(2)9(3)10(11)6-5-7-14(4,12)13/h8-10H,5-7,11H2,1-4H3. The Morgan fingerprint density at radius 1 is 1.21 bits per heavy atom. The van der Waals surface area contributed by atoms with Gasteiger partial charge in [0.25, 0.3) is 0 Å². The molecule has 86 valence electrons. The third kappa shape index (κ3) is 6.38. The van der Waals surface area contributed by atoms with Crippen LogP contribution in [0.2, 0.25) is 0 Å². The van der Waals surface area contributed by atoms with Crippen LogP contribution in [-0.2, 0) is 9.84 Å². The normalized spacial score (nSPS) is 17.0. The van der Waals surface area contributed by atoms with E-state index < -0.39 is 9.84 Å². The average molecular weight is 221 g/mol. The van der Waals surface area contributed by atoms with Gasteiger partial charge in [0, 0.05) is 18.1 Å². The van der Waals surface area contributed by atoms with Crippen molar-refractivity contribution in [3.05, 3.63) is 0 Å². The largest absolute Gasteiger partial charge is 0.327 e. The van der Waals surface area contributed by atoms with E-state index in [2.05, 4.69) is 20.8 Å². The molecule has 2 unspecified atom stereocenters. The maximum atomic E-state index is 10.9. The Kier molecular flexibility index (Phi) is 5.67. The number of hydrogen-bond donors (Lipinski definition) is 1. The fourth-order valence-corrected chi connectivity index (χ4v) is 2.03. The van der Waals surface area contributed by atoms with Gasteiger partial charge in [-0.15, -0.1) is 0 Å². The van der Waals surface area contributed by atoms with E-state index >= 15 is 0 Å². The Labute approximate surface area is 88.0 Å². The fraction of sp³-hybridized carbons (Fsp3) is 1.00. The molecular weight excluding hydrogens is 198 g/mol. The molecule has 0 radical (unpaired) electrons. The molecule has 14 heavy (non-hydrogen) atoms. The minimum Gasteiger partial charge on any atom is -0.327 e. The van der Waals surface area contributed by atoms with E-state index in [0.29, 0.717) is 18.3 Å². The Morgan fingerprint density at radius 3 is 2.07 bits per heavy atom. The molecule has 0 aromatic heterocycles. The van der Waals surface area contributed by atoms with Crippen LogP contribution in [-0.4, -0.2) is 26.5 Å². The minimum atomic E-state index is -2.82. The molecule has 3 nitrogen and oxygen atoms in total. The quantitative estimate of drug-likeness (QED) is 0.738. The van der Waals surface area contributed by atoms with Crippen molar-refractivity contribution in [2.24, 2.45) is 17.6 Å². The fourth-order valence-electron chi connectivity index (χ4n) is 1.34. The van der Waals surface area contributed by atoms with Crippen molar-refractivity contribution in [3.8, 4) is 0 Å². The van der Waals surface area contributed by atoms with Crippen LogP contribution in [0.5, 0.6) is 0 Å². The SMILES string of the molecule is CC(C)C(C)C(N)CCCS(C)(=O)=O. The van der Waals surface area contributed by atoms with Gasteiger partial charge in [0.1, 0.15) is 9.84 Å². The first-order chi connectivity index (χ1) is 6.24. The average Bonchev–Trinajstić information content (AvgIpc) is 2.00. The lowest BCUT2D eigenvalue weighted by molar-refractivity contribution is 0.331. The predicted molar refractivity (Wildman–Crippen MR) is 60.9 cm³/mol. The van der Waals surface area contributed by atoms with Crippen molar-refractivity contribution in [2.45, 2.75) is 39.7 Å². The summed E-state index contributed by atoms with van der Waals surface area (Å²) in [6, 6.07) is 0.122. The topological polar surface area (TPSA) is 60.2 Å². The number of hydrogen-bond acceptors (Lipinski definition) is 3. The Bertz CT molecular complexity index is 247. The summed E-state index contributed by atoms with van der Waals surface area (Å²) in [6.07, 6.45) is 2.74. The van der Waals surface area contributed by atoms with E-state index in [1.807, 2.05) is 0 Å². The molecule has 0 amide bonds. The molecule has 0 rings (SSSR count). The van der Waals surface area contributed by atoms with Crippen molar-refractivity contribution in [1.82, 2.24) is 0 Å². The molecule has 0 aromatic carbocycles. The van der Waals surface area contributed by atoms with Crippen LogP contribution in [0, 0.1) is 11.8 Å². The molecule has 0 saturated heterocycles. The Balaban J connectivity index is 3.80. The lowest BCUT2D eigenvalue weighted by Crippen LogP contribution is -2.31. The van der Waals surface area contributed by atoms with E-state index in [9.17, 15) is 8.42 Å². The second-order valence-corrected chi connectivity index (χ2v) is 6.80. The van der Waals surface area contributed by atoms with Gasteiger partial charge in [-0.25, -0.2) is 8.42 Å². The van der Waals surface area contributed by atoms with Crippen LogP contribution >= 0.6 is 0 Å². The van der Waals surface area contributed by atoms with Gasteiger partial charge in [-0.3, -0.25) is 0 Å². The molecule has 2 N–H and O–H groups in total. The first-order valence-corrected chi connectivity index (χ1v) is 7.23. The van der Waals surface area contributed by atoms with Crippen LogP contribution < -0.4 is 5.73 Å². The van der Waals surface area contributed by atoms with Crippen molar-refractivity contribution in [3.63, 3.8) is 0 Å². The minimum absolute atomic E-state index is 0.122. The third-order valence-electron chi connectivity index (χ3n) is 2.78. The van der Waals surface area contributed by atoms with Gasteiger partial charge >= 0.3 is 0 Å². The first kappa shape index (κ1) is 13.9. The summed E-state index contributed by atoms with van der Waals surface area (Å²) in [5.41, 5.74) is 5.95. The van der Waals surface area contributed by atoms with Crippen LogP contribution in [0.1, 0.15) is 33.6 Å². The van der Waals surface area contributed by atoms with Gasteiger partial charge in [-0.05, 0) is 24.7 Å². The van der Waals surface area contributed by atoms with E-state index in [1.54, 1.807) is 0 Å². The van der Waals surface area contributed by atoms with Crippen LogP contribution in [0.4, 0.5) is 0 Å². The zero-order valence-electron chi connectivity index (χ0n) is 9.66. The van der Waals surface area contributed by atoms with Gasteiger partial charge < -0.3 is 5.73 Å². The Hall–Kier alpha value is -0.0900. The van der Waals surface area contributed by atoms with Gasteiger partial charge in [-0.1, -0.05) is 20.8 Å². The zero-order valence-corrected chi connectivity index (χ0v) is 10.5. The molecule has 0 saturated carbocycles. The van der Waals surface area contributed by atoms with E-state index in [0.717, 1.165) is 6.42 Å². The summed E-state index contributed by atoms with van der Waals surface area (Å²) in [7, 11) is -2.82. The zero-order chi connectivity index (χ0) is 11.4. The molecule has 0 aliphatic rings. The summed E-state index contributed by atoms with van der Waals surface area (Å²) >= 11 is 0. The van der Waals surface area contributed by atoms with Crippen molar-refractivity contribution in [1.29, 1.82) is 0 Å². The molecule has 0 aliphatic carbocycles. The highest BCUT2D eigenvalue weighted by atomic mass is 32.2. The highest BCUT2D eigenvalue weighted by Gasteiger charge is 2.16. The van der Waals surface area contributed by atoms with Crippen molar-refractivity contribution >= 4 is 9.84 Å². The molecule has 0 fully saturated rings. The summed E-state index contributed by atoms with van der Waals surface area (Å²) in [5, 5.41) is 0. The monoisotopic (exact) mass is 221 g/mol. The summed E-state index contributed by atoms with van der Waals surface area (Å²) in [4.78, 5) is 0. The van der Waals surface area contributed by atoms with Crippen molar-refractivity contribution in [2.75, 3.05) is 12.0 Å². The molecule has 0 aliphatic heterocycles. The summed E-state index contributed by atoms with van der Waals surface area (Å²) in [6.45, 7) is 6.40. The first-order valence-electron chi connectivity index (χ1n) is 5.17. The molecule has 0 heterocycles. The smallest absolute Gasteiger partial charge is 0.147 e. The van der Waals surface area contributed by atoms with E-state index in [1.165, 1.54) is 6.26 Å². The molecule has 4 heteroatoms. The molecule has 2 atom stereocenters. The third-order valence-corrected chi connectivity index (χ3v) is 3.81. The molecular formula is C10H23NO2S. The van der Waals surface area contributed by atoms with Gasteiger partial charge in [0.2, 0.25) is 0 Å². The van der Waals surface area contributed by atoms with Crippen LogP contribution in [0.15, 0.2) is 0 Å². The second-order valence-electron chi connectivity index (χ2n) is 4.54. The molecule has 0 spiro atoms. The van der Waals surface area contributed by atoms with Crippen LogP contribution in [0.3, 0.4) is 0 Å². The molecule has 0 bridgehead atoms. The second kappa shape index (κ2) is 5.71. The number of nitrogens with two attached hydrogens (primary N) is 1. The highest BCUT2D eigenvalue weighted by Crippen LogP contribution is 2.16. The van der Waals surface area contributed by atoms with Gasteiger partial charge in [-0.2, -0.15) is 0 Å². The number of sulfone groups is 1. The molecule has 0 aromatic rings. The van der Waals surface area contributed by atoms with Crippen LogP contribution in [0.25, 0.3) is 0 Å². The van der Waals surface area contributed by atoms with Gasteiger partial charge in [0.15, 0.2) is 0 Å². The maximum absolute atomic E-state index is 10.9.